The number of methoxy groups -OCH3 is 5. The lowest BCUT2D eigenvalue weighted by Gasteiger charge is -2.54. The molecule has 3 aliphatic rings. The first-order chi connectivity index (χ1) is 18.0. The van der Waals surface area contributed by atoms with E-state index in [1.165, 1.54) is 14.2 Å². The number of carbonyl (C=O) groups is 1. The Labute approximate surface area is 226 Å². The fourth-order valence-corrected chi connectivity index (χ4v) is 5.86. The Bertz CT molecular complexity index is 809. The lowest BCUT2D eigenvalue weighted by molar-refractivity contribution is -0.333. The van der Waals surface area contributed by atoms with Crippen LogP contribution in [0.1, 0.15) is 40.5 Å². The molecule has 3 fully saturated rings. The van der Waals surface area contributed by atoms with Crippen LogP contribution < -0.4 is 5.32 Å². The Morgan fingerprint density at radius 2 is 1.82 bits per heavy atom. The van der Waals surface area contributed by atoms with Gasteiger partial charge in [0, 0.05) is 59.7 Å². The van der Waals surface area contributed by atoms with Crippen LogP contribution in [-0.4, -0.2) is 110 Å². The largest absolute Gasteiger partial charge is 0.382 e. The van der Waals surface area contributed by atoms with Crippen molar-refractivity contribution >= 4 is 5.91 Å². The molecular weight excluding hydrogens is 498 g/mol. The van der Waals surface area contributed by atoms with E-state index in [4.69, 9.17) is 42.6 Å². The van der Waals surface area contributed by atoms with E-state index in [2.05, 4.69) is 25.7 Å². The molecular formula is C27H47NO10. The molecule has 0 aromatic carbocycles. The maximum absolute atomic E-state index is 13.7. The van der Waals surface area contributed by atoms with Crippen LogP contribution in [0.15, 0.2) is 12.2 Å². The molecule has 0 saturated carbocycles. The van der Waals surface area contributed by atoms with Crippen LogP contribution in [0.2, 0.25) is 0 Å². The summed E-state index contributed by atoms with van der Waals surface area (Å²) in [6.07, 6.45) is -3.17. The molecule has 1 amide bonds. The molecule has 3 saturated heterocycles. The van der Waals surface area contributed by atoms with Crippen LogP contribution in [0.3, 0.4) is 0 Å². The summed E-state index contributed by atoms with van der Waals surface area (Å²) < 4.78 is 53.0. The van der Waals surface area contributed by atoms with Crippen molar-refractivity contribution in [2.24, 2.45) is 11.3 Å². The van der Waals surface area contributed by atoms with Gasteiger partial charge in [-0.1, -0.05) is 32.9 Å². The van der Waals surface area contributed by atoms with E-state index < -0.39 is 41.6 Å². The van der Waals surface area contributed by atoms with E-state index in [1.54, 1.807) is 21.3 Å². The average Bonchev–Trinajstić information content (AvgIpc) is 2.87. The topological polar surface area (TPSA) is 112 Å². The highest BCUT2D eigenvalue weighted by Crippen LogP contribution is 2.44. The number of nitrogens with one attached hydrogen (secondary N) is 1. The second-order valence-electron chi connectivity index (χ2n) is 11.0. The zero-order valence-corrected chi connectivity index (χ0v) is 24.3. The molecule has 0 spiro atoms. The normalized spacial score (nSPS) is 38.8. The summed E-state index contributed by atoms with van der Waals surface area (Å²) in [5, 5.41) is 2.96. The summed E-state index contributed by atoms with van der Waals surface area (Å²) in [6, 6.07) is 0. The molecule has 1 N–H and O–H groups in total. The molecule has 10 atom stereocenters. The van der Waals surface area contributed by atoms with Crippen molar-refractivity contribution in [3.8, 4) is 0 Å². The van der Waals surface area contributed by atoms with Gasteiger partial charge in [-0.15, -0.1) is 0 Å². The number of amides is 1. The van der Waals surface area contributed by atoms with Gasteiger partial charge in [-0.05, 0) is 6.92 Å². The van der Waals surface area contributed by atoms with Gasteiger partial charge in [0.15, 0.2) is 12.3 Å². The minimum atomic E-state index is -1.33. The average molecular weight is 546 g/mol. The fourth-order valence-electron chi connectivity index (χ4n) is 5.86. The predicted molar refractivity (Wildman–Crippen MR) is 137 cm³/mol. The van der Waals surface area contributed by atoms with Crippen LogP contribution >= 0.6 is 0 Å². The van der Waals surface area contributed by atoms with Gasteiger partial charge in [0.2, 0.25) is 5.79 Å². The Morgan fingerprint density at radius 3 is 2.37 bits per heavy atom. The summed E-state index contributed by atoms with van der Waals surface area (Å²) in [6.45, 7) is 12.7. The zero-order valence-electron chi connectivity index (χ0n) is 24.3. The van der Waals surface area contributed by atoms with Gasteiger partial charge >= 0.3 is 0 Å². The van der Waals surface area contributed by atoms with Crippen LogP contribution in [0.4, 0.5) is 0 Å². The van der Waals surface area contributed by atoms with Gasteiger partial charge in [-0.2, -0.15) is 0 Å². The molecule has 0 aromatic heterocycles. The molecule has 0 unspecified atom stereocenters. The van der Waals surface area contributed by atoms with Gasteiger partial charge in [0.1, 0.15) is 19.0 Å². The van der Waals surface area contributed by atoms with Gasteiger partial charge in [-0.25, -0.2) is 0 Å². The SMILES string of the molecule is C=C1C[C@](OC)([C@H](OC)C(=O)N[C@H]2OCO[C@H]3[C@@H]2O[C@H](C[C@H](COC)OC)C(C)(C)[C@@H]3OC)O[C@H](C)[C@@H]1C. The minimum Gasteiger partial charge on any atom is -0.382 e. The van der Waals surface area contributed by atoms with Gasteiger partial charge in [0.25, 0.3) is 5.91 Å². The van der Waals surface area contributed by atoms with Crippen molar-refractivity contribution < 1.29 is 47.4 Å². The first kappa shape index (κ1) is 31.4. The summed E-state index contributed by atoms with van der Waals surface area (Å²) in [4.78, 5) is 13.7. The second-order valence-corrected chi connectivity index (χ2v) is 11.0. The summed E-state index contributed by atoms with van der Waals surface area (Å²) >= 11 is 0. The Balaban J connectivity index is 1.83. The lowest BCUT2D eigenvalue weighted by Crippen LogP contribution is -2.69. The number of carbonyl (C=O) groups excluding carboxylic acids is 1. The molecule has 3 rings (SSSR count). The van der Waals surface area contributed by atoms with Crippen LogP contribution in [0.25, 0.3) is 0 Å². The van der Waals surface area contributed by atoms with Gasteiger partial charge in [-0.3, -0.25) is 4.79 Å². The molecule has 3 aliphatic heterocycles. The molecule has 220 valence electrons. The van der Waals surface area contributed by atoms with Crippen molar-refractivity contribution in [3.05, 3.63) is 12.2 Å². The van der Waals surface area contributed by atoms with E-state index in [-0.39, 0.29) is 37.1 Å². The highest BCUT2D eigenvalue weighted by atomic mass is 16.7. The van der Waals surface area contributed by atoms with Gasteiger partial charge in [0.05, 0.1) is 31.0 Å². The standard InChI is InChI=1S/C27H47NO10/c1-15-12-27(34-10,38-17(3)16(15)2)23(33-9)24(29)28-25-21-20(35-14-36-25)22(32-8)26(4,5)19(37-21)11-18(31-7)13-30-6/h16-23,25H,1,11-14H2,2-10H3,(H,28,29)/t16-,17-,18-,19-,20+,21+,22-,23-,25+,27-/m1/s1. The molecule has 11 nitrogen and oxygen atoms in total. The smallest absolute Gasteiger partial charge is 0.256 e. The molecule has 38 heavy (non-hydrogen) atoms. The Kier molecular flexibility index (Phi) is 10.7. The highest BCUT2D eigenvalue weighted by molar-refractivity contribution is 5.82. The van der Waals surface area contributed by atoms with E-state index in [1.807, 2.05) is 13.8 Å². The van der Waals surface area contributed by atoms with Crippen molar-refractivity contribution in [3.63, 3.8) is 0 Å². The van der Waals surface area contributed by atoms with Crippen LogP contribution in [-0.2, 0) is 47.4 Å². The first-order valence-electron chi connectivity index (χ1n) is 13.2. The quantitative estimate of drug-likeness (QED) is 0.387. The molecule has 3 heterocycles. The van der Waals surface area contributed by atoms with E-state index in [0.29, 0.717) is 19.4 Å². The van der Waals surface area contributed by atoms with Gasteiger partial charge < -0.3 is 47.9 Å². The minimum absolute atomic E-state index is 0.0324. The molecule has 0 aromatic rings. The molecule has 0 bridgehead atoms. The predicted octanol–water partition coefficient (Wildman–Crippen LogP) is 2.02. The number of fused-ring (bicyclic) bond motifs is 1. The van der Waals surface area contributed by atoms with E-state index in [0.717, 1.165) is 5.57 Å². The molecule has 0 radical (unpaired) electrons. The van der Waals surface area contributed by atoms with Crippen molar-refractivity contribution in [2.75, 3.05) is 48.9 Å². The molecule has 11 heteroatoms. The van der Waals surface area contributed by atoms with Crippen LogP contribution in [0.5, 0.6) is 0 Å². The third-order valence-electron chi connectivity index (χ3n) is 8.44. The van der Waals surface area contributed by atoms with Crippen molar-refractivity contribution in [2.45, 2.75) is 95.3 Å². The summed E-state index contributed by atoms with van der Waals surface area (Å²) in [7, 11) is 7.88. The monoisotopic (exact) mass is 545 g/mol. The highest BCUT2D eigenvalue weighted by Gasteiger charge is 2.57. The number of hydrogen-bond donors (Lipinski definition) is 1. The summed E-state index contributed by atoms with van der Waals surface area (Å²) in [5.74, 6) is -1.66. The number of rotatable bonds is 11. The Hall–Kier alpha value is -1.15. The maximum atomic E-state index is 13.7. The zero-order chi connectivity index (χ0) is 28.3. The third-order valence-corrected chi connectivity index (χ3v) is 8.44. The maximum Gasteiger partial charge on any atom is 0.256 e. The second kappa shape index (κ2) is 13.0. The number of hydrogen-bond acceptors (Lipinski definition) is 10. The Morgan fingerprint density at radius 1 is 1.11 bits per heavy atom. The van der Waals surface area contributed by atoms with Crippen molar-refractivity contribution in [1.82, 2.24) is 5.32 Å². The van der Waals surface area contributed by atoms with Crippen LogP contribution in [0, 0.1) is 11.3 Å². The summed E-state index contributed by atoms with van der Waals surface area (Å²) in [5.41, 5.74) is 0.500. The third kappa shape index (κ3) is 6.11. The number of ether oxygens (including phenoxy) is 9. The van der Waals surface area contributed by atoms with E-state index in [9.17, 15) is 4.79 Å². The van der Waals surface area contributed by atoms with E-state index >= 15 is 0 Å². The fraction of sp³-hybridized carbons (Fsp3) is 0.889. The van der Waals surface area contributed by atoms with Crippen molar-refractivity contribution in [1.29, 1.82) is 0 Å². The lowest BCUT2D eigenvalue weighted by atomic mass is 9.72. The first-order valence-corrected chi connectivity index (χ1v) is 13.2. The molecule has 0 aliphatic carbocycles.